The number of hydrogen-bond acceptors (Lipinski definition) is 4. The molecule has 0 aromatic heterocycles. The van der Waals surface area contributed by atoms with Crippen molar-refractivity contribution in [1.82, 2.24) is 5.32 Å². The van der Waals surface area contributed by atoms with Gasteiger partial charge in [0.2, 0.25) is 0 Å². The molecule has 0 fully saturated rings. The van der Waals surface area contributed by atoms with Crippen LogP contribution in [0.4, 0.5) is 5.69 Å². The highest BCUT2D eigenvalue weighted by atomic mass is 32.2. The van der Waals surface area contributed by atoms with Crippen molar-refractivity contribution in [2.75, 3.05) is 24.5 Å². The molecule has 2 aromatic rings. The van der Waals surface area contributed by atoms with Crippen molar-refractivity contribution in [3.05, 3.63) is 59.2 Å². The lowest BCUT2D eigenvalue weighted by Gasteiger charge is -2.22. The molecule has 0 aliphatic carbocycles. The second-order valence-electron chi connectivity index (χ2n) is 7.94. The number of hydrogen-bond donors (Lipinski definition) is 1. The summed E-state index contributed by atoms with van der Waals surface area (Å²) < 4.78 is 33.6. The van der Waals surface area contributed by atoms with Crippen molar-refractivity contribution in [2.45, 2.75) is 57.1 Å². The summed E-state index contributed by atoms with van der Waals surface area (Å²) in [7, 11) is -1.96. The molecule has 1 N–H and O–H groups in total. The van der Waals surface area contributed by atoms with Crippen molar-refractivity contribution < 1.29 is 13.2 Å². The van der Waals surface area contributed by atoms with E-state index in [-0.39, 0.29) is 12.1 Å². The fourth-order valence-corrected chi connectivity index (χ4v) is 5.29. The number of anilines is 1. The highest BCUT2D eigenvalue weighted by Crippen LogP contribution is 2.40. The number of unbranched alkanes of at least 4 members (excludes halogenated alkanes) is 2. The Hall–Kier alpha value is -1.89. The topological polar surface area (TPSA) is 58.6 Å². The van der Waals surface area contributed by atoms with Gasteiger partial charge in [-0.3, -0.25) is 4.31 Å². The first-order valence-electron chi connectivity index (χ1n) is 10.4. The Kier molecular flexibility index (Phi) is 6.98. The zero-order valence-electron chi connectivity index (χ0n) is 17.8. The van der Waals surface area contributed by atoms with Gasteiger partial charge in [-0.05, 0) is 75.4 Å². The predicted molar refractivity (Wildman–Crippen MR) is 118 cm³/mol. The first-order chi connectivity index (χ1) is 13.8. The number of ether oxygens (including phenoxy) is 1. The standard InChI is InChI=1S/C23H32N2O3S/c1-17(2)28-15-9-5-8-14-24-23-19-10-6-7-11-21(19)25(4)29(26,27)22-16-18(3)12-13-20(22)23/h6-7,10-13,16-17,23-24H,5,8-9,14-15H2,1-4H3. The van der Waals surface area contributed by atoms with E-state index in [0.29, 0.717) is 4.90 Å². The Balaban J connectivity index is 1.84. The van der Waals surface area contributed by atoms with Gasteiger partial charge in [0.15, 0.2) is 0 Å². The monoisotopic (exact) mass is 416 g/mol. The summed E-state index contributed by atoms with van der Waals surface area (Å²) in [4.78, 5) is 0.388. The molecule has 158 valence electrons. The average Bonchev–Trinajstić information content (AvgIpc) is 2.75. The molecule has 6 heteroatoms. The molecule has 1 atom stereocenters. The van der Waals surface area contributed by atoms with Crippen LogP contribution in [0, 0.1) is 6.92 Å². The molecular formula is C23H32N2O3S. The van der Waals surface area contributed by atoms with Gasteiger partial charge in [-0.15, -0.1) is 0 Å². The molecule has 5 nitrogen and oxygen atoms in total. The molecule has 0 spiro atoms. The number of para-hydroxylation sites is 1. The average molecular weight is 417 g/mol. The highest BCUT2D eigenvalue weighted by molar-refractivity contribution is 7.92. The van der Waals surface area contributed by atoms with Gasteiger partial charge in [0.05, 0.1) is 22.7 Å². The normalized spacial score (nSPS) is 17.7. The van der Waals surface area contributed by atoms with E-state index in [2.05, 4.69) is 19.2 Å². The molecule has 29 heavy (non-hydrogen) atoms. The van der Waals surface area contributed by atoms with E-state index in [9.17, 15) is 8.42 Å². The number of rotatable bonds is 8. The Morgan fingerprint density at radius 2 is 1.83 bits per heavy atom. The van der Waals surface area contributed by atoms with E-state index in [0.717, 1.165) is 54.8 Å². The third kappa shape index (κ3) is 4.82. The molecule has 1 heterocycles. The molecule has 3 rings (SSSR count). The molecule has 2 aromatic carbocycles. The van der Waals surface area contributed by atoms with Crippen LogP contribution < -0.4 is 9.62 Å². The van der Waals surface area contributed by atoms with Crippen LogP contribution in [0.5, 0.6) is 0 Å². The van der Waals surface area contributed by atoms with E-state index in [1.165, 1.54) is 4.31 Å². The molecule has 1 aliphatic rings. The maximum Gasteiger partial charge on any atom is 0.264 e. The van der Waals surface area contributed by atoms with Gasteiger partial charge in [0, 0.05) is 13.7 Å². The third-order valence-electron chi connectivity index (χ3n) is 5.33. The zero-order chi connectivity index (χ0) is 21.0. The first kappa shape index (κ1) is 21.8. The quantitative estimate of drug-likeness (QED) is 0.648. The Morgan fingerprint density at radius 3 is 2.59 bits per heavy atom. The lowest BCUT2D eigenvalue weighted by molar-refractivity contribution is 0.0757. The fourth-order valence-electron chi connectivity index (χ4n) is 3.76. The molecule has 1 aliphatic heterocycles. The highest BCUT2D eigenvalue weighted by Gasteiger charge is 2.34. The largest absolute Gasteiger partial charge is 0.379 e. The van der Waals surface area contributed by atoms with Gasteiger partial charge in [-0.25, -0.2) is 8.42 Å². The van der Waals surface area contributed by atoms with E-state index in [1.54, 1.807) is 13.1 Å². The van der Waals surface area contributed by atoms with Gasteiger partial charge in [0.1, 0.15) is 0 Å². The van der Waals surface area contributed by atoms with E-state index in [1.807, 2.05) is 43.3 Å². The number of sulfonamides is 1. The zero-order valence-corrected chi connectivity index (χ0v) is 18.6. The second-order valence-corrected chi connectivity index (χ2v) is 9.88. The van der Waals surface area contributed by atoms with Gasteiger partial charge in [0.25, 0.3) is 10.0 Å². The van der Waals surface area contributed by atoms with Crippen LogP contribution in [-0.4, -0.2) is 34.7 Å². The Labute approximate surface area is 175 Å². The second kappa shape index (κ2) is 9.28. The lowest BCUT2D eigenvalue weighted by atomic mass is 9.96. The van der Waals surface area contributed by atoms with Crippen molar-refractivity contribution in [3.8, 4) is 0 Å². The van der Waals surface area contributed by atoms with Crippen molar-refractivity contribution in [3.63, 3.8) is 0 Å². The van der Waals surface area contributed by atoms with Crippen molar-refractivity contribution in [1.29, 1.82) is 0 Å². The summed E-state index contributed by atoms with van der Waals surface area (Å²) in [6.07, 6.45) is 3.40. The summed E-state index contributed by atoms with van der Waals surface area (Å²) >= 11 is 0. The smallest absolute Gasteiger partial charge is 0.264 e. The van der Waals surface area contributed by atoms with E-state index >= 15 is 0 Å². The summed E-state index contributed by atoms with van der Waals surface area (Å²) in [5.74, 6) is 0. The van der Waals surface area contributed by atoms with Gasteiger partial charge in [-0.1, -0.05) is 30.3 Å². The van der Waals surface area contributed by atoms with Crippen LogP contribution in [0.25, 0.3) is 0 Å². The SMILES string of the molecule is Cc1ccc2c(c1)S(=O)(=O)N(C)c1ccccc1C2NCCCCCOC(C)C. The number of fused-ring (bicyclic) bond motifs is 2. The minimum Gasteiger partial charge on any atom is -0.379 e. The van der Waals surface area contributed by atoms with Crippen LogP contribution in [0.15, 0.2) is 47.4 Å². The summed E-state index contributed by atoms with van der Waals surface area (Å²) in [6, 6.07) is 13.3. The number of nitrogens with zero attached hydrogens (tertiary/aromatic N) is 1. The molecular weight excluding hydrogens is 384 g/mol. The van der Waals surface area contributed by atoms with Gasteiger partial charge < -0.3 is 10.1 Å². The van der Waals surface area contributed by atoms with Crippen molar-refractivity contribution >= 4 is 15.7 Å². The number of aryl methyl sites for hydroxylation is 1. The van der Waals surface area contributed by atoms with Crippen LogP contribution in [0.1, 0.15) is 55.8 Å². The Morgan fingerprint density at radius 1 is 1.07 bits per heavy atom. The van der Waals surface area contributed by atoms with Crippen LogP contribution in [0.3, 0.4) is 0 Å². The number of nitrogens with one attached hydrogen (secondary N) is 1. The van der Waals surface area contributed by atoms with Crippen LogP contribution >= 0.6 is 0 Å². The number of benzene rings is 2. The van der Waals surface area contributed by atoms with Gasteiger partial charge >= 0.3 is 0 Å². The molecule has 0 bridgehead atoms. The van der Waals surface area contributed by atoms with Crippen LogP contribution in [-0.2, 0) is 14.8 Å². The molecule has 0 radical (unpaired) electrons. The fraction of sp³-hybridized carbons (Fsp3) is 0.478. The Bertz CT molecular complexity index is 941. The molecule has 0 amide bonds. The molecule has 0 saturated carbocycles. The van der Waals surface area contributed by atoms with E-state index < -0.39 is 10.0 Å². The van der Waals surface area contributed by atoms with Crippen LogP contribution in [0.2, 0.25) is 0 Å². The lowest BCUT2D eigenvalue weighted by Crippen LogP contribution is -2.26. The third-order valence-corrected chi connectivity index (χ3v) is 7.15. The molecule has 1 unspecified atom stereocenters. The molecule has 0 saturated heterocycles. The maximum absolute atomic E-state index is 13.3. The predicted octanol–water partition coefficient (Wildman–Crippen LogP) is 4.41. The minimum atomic E-state index is -3.60. The summed E-state index contributed by atoms with van der Waals surface area (Å²) in [5, 5.41) is 3.62. The first-order valence-corrected chi connectivity index (χ1v) is 11.8. The minimum absolute atomic E-state index is 0.159. The van der Waals surface area contributed by atoms with E-state index in [4.69, 9.17) is 4.74 Å². The summed E-state index contributed by atoms with van der Waals surface area (Å²) in [5.41, 5.74) is 3.47. The van der Waals surface area contributed by atoms with Gasteiger partial charge in [-0.2, -0.15) is 0 Å². The van der Waals surface area contributed by atoms with Crippen molar-refractivity contribution in [2.24, 2.45) is 0 Å². The maximum atomic E-state index is 13.3. The summed E-state index contributed by atoms with van der Waals surface area (Å²) in [6.45, 7) is 7.63.